The predicted octanol–water partition coefficient (Wildman–Crippen LogP) is -0.807. The Labute approximate surface area is 71.1 Å². The molecule has 1 amide bonds. The molecule has 2 aliphatic heterocycles. The molecule has 2 rings (SSSR count). The molecule has 0 radical (unpaired) electrons. The number of carbonyl (C=O) groups excluding carboxylic acids is 1. The second-order valence-electron chi connectivity index (χ2n) is 2.25. The molecular formula is C5H5BrN4O. The van der Waals surface area contributed by atoms with E-state index in [-0.39, 0.29) is 18.1 Å². The van der Waals surface area contributed by atoms with Crippen LogP contribution in [0, 0.1) is 0 Å². The molecule has 0 saturated heterocycles. The van der Waals surface area contributed by atoms with E-state index in [0.717, 1.165) is 0 Å². The van der Waals surface area contributed by atoms with Crippen LogP contribution in [-0.4, -0.2) is 29.2 Å². The first-order chi connectivity index (χ1) is 5.27. The molecule has 2 unspecified atom stereocenters. The quantitative estimate of drug-likeness (QED) is 0.521. The van der Waals surface area contributed by atoms with Gasteiger partial charge in [-0.1, -0.05) is 0 Å². The molecule has 2 atom stereocenters. The van der Waals surface area contributed by atoms with E-state index in [1.165, 1.54) is 6.34 Å². The Kier molecular flexibility index (Phi) is 1.42. The van der Waals surface area contributed by atoms with Gasteiger partial charge in [0.2, 0.25) is 0 Å². The van der Waals surface area contributed by atoms with Crippen LogP contribution >= 0.6 is 15.9 Å². The minimum atomic E-state index is -0.323. The molecule has 58 valence electrons. The fourth-order valence-corrected chi connectivity index (χ4v) is 1.42. The smallest absolute Gasteiger partial charge is 0.252 e. The van der Waals surface area contributed by atoms with Crippen molar-refractivity contribution < 1.29 is 4.79 Å². The third kappa shape index (κ3) is 1.03. The summed E-state index contributed by atoms with van der Waals surface area (Å²) in [5.41, 5.74) is 0. The number of fused-ring (bicyclic) bond motifs is 1. The minimum Gasteiger partial charge on any atom is -0.361 e. The molecule has 0 fully saturated rings. The maximum Gasteiger partial charge on any atom is 0.252 e. The minimum absolute atomic E-state index is 0.102. The van der Waals surface area contributed by atoms with E-state index < -0.39 is 0 Å². The third-order valence-corrected chi connectivity index (χ3v) is 1.94. The number of rotatable bonds is 0. The number of amides is 1. The Morgan fingerprint density at radius 1 is 1.64 bits per heavy atom. The Hall–Kier alpha value is -0.910. The van der Waals surface area contributed by atoms with Gasteiger partial charge in [-0.15, -0.1) is 0 Å². The van der Waals surface area contributed by atoms with Gasteiger partial charge in [0.25, 0.3) is 5.91 Å². The van der Waals surface area contributed by atoms with Gasteiger partial charge in [0.05, 0.1) is 6.34 Å². The van der Waals surface area contributed by atoms with Crippen molar-refractivity contribution in [1.82, 2.24) is 10.6 Å². The maximum absolute atomic E-state index is 11.1. The lowest BCUT2D eigenvalue weighted by molar-refractivity contribution is -0.121. The molecular weight excluding hydrogens is 212 g/mol. The molecule has 2 heterocycles. The van der Waals surface area contributed by atoms with E-state index in [1.54, 1.807) is 0 Å². The molecule has 6 heteroatoms. The van der Waals surface area contributed by atoms with Crippen LogP contribution < -0.4 is 10.6 Å². The van der Waals surface area contributed by atoms with Crippen molar-refractivity contribution in [3.63, 3.8) is 0 Å². The van der Waals surface area contributed by atoms with Crippen molar-refractivity contribution in [1.29, 1.82) is 0 Å². The Morgan fingerprint density at radius 2 is 2.45 bits per heavy atom. The first-order valence-corrected chi connectivity index (χ1v) is 3.88. The van der Waals surface area contributed by atoms with E-state index in [0.29, 0.717) is 4.74 Å². The second kappa shape index (κ2) is 2.30. The molecule has 0 bridgehead atoms. The average molecular weight is 217 g/mol. The summed E-state index contributed by atoms with van der Waals surface area (Å²) >= 11 is 3.08. The summed E-state index contributed by atoms with van der Waals surface area (Å²) in [4.78, 5) is 19.1. The highest BCUT2D eigenvalue weighted by Crippen LogP contribution is 2.11. The van der Waals surface area contributed by atoms with Gasteiger partial charge >= 0.3 is 0 Å². The zero-order valence-corrected chi connectivity index (χ0v) is 7.00. The van der Waals surface area contributed by atoms with E-state index in [4.69, 9.17) is 0 Å². The number of hydrogen-bond acceptors (Lipinski definition) is 4. The fraction of sp³-hybridized carbons (Fsp3) is 0.400. The van der Waals surface area contributed by atoms with Gasteiger partial charge in [0.1, 0.15) is 6.04 Å². The van der Waals surface area contributed by atoms with Crippen molar-refractivity contribution in [2.75, 3.05) is 0 Å². The van der Waals surface area contributed by atoms with Crippen LogP contribution in [0.15, 0.2) is 9.98 Å². The zero-order chi connectivity index (χ0) is 7.84. The highest BCUT2D eigenvalue weighted by molar-refractivity contribution is 9.18. The topological polar surface area (TPSA) is 65.8 Å². The maximum atomic E-state index is 11.1. The number of hydrogen-bond donors (Lipinski definition) is 2. The molecule has 11 heavy (non-hydrogen) atoms. The van der Waals surface area contributed by atoms with Gasteiger partial charge in [0, 0.05) is 0 Å². The zero-order valence-electron chi connectivity index (χ0n) is 5.41. The molecule has 0 aliphatic carbocycles. The van der Waals surface area contributed by atoms with Crippen LogP contribution in [0.3, 0.4) is 0 Å². The standard InChI is InChI=1S/C5H5BrN4O/c6-5-9-3-2(4(11)10-5)7-1-8-3/h1-3H,(H,7,8)(H,9,10,11). The summed E-state index contributed by atoms with van der Waals surface area (Å²) in [6, 6.07) is -0.323. The van der Waals surface area contributed by atoms with Gasteiger partial charge in [-0.2, -0.15) is 0 Å². The molecule has 0 spiro atoms. The van der Waals surface area contributed by atoms with Crippen molar-refractivity contribution in [3.8, 4) is 0 Å². The molecule has 5 nitrogen and oxygen atoms in total. The van der Waals surface area contributed by atoms with E-state index in [9.17, 15) is 4.79 Å². The largest absolute Gasteiger partial charge is 0.361 e. The third-order valence-electron chi connectivity index (χ3n) is 1.53. The summed E-state index contributed by atoms with van der Waals surface area (Å²) in [5, 5.41) is 5.33. The summed E-state index contributed by atoms with van der Waals surface area (Å²) in [6.07, 6.45) is 1.21. The van der Waals surface area contributed by atoms with E-state index in [2.05, 4.69) is 36.5 Å². The summed E-state index contributed by atoms with van der Waals surface area (Å²) in [6.45, 7) is 0. The van der Waals surface area contributed by atoms with Gasteiger partial charge in [0.15, 0.2) is 10.9 Å². The number of nitrogens with zero attached hydrogens (tertiary/aromatic N) is 2. The number of nitrogens with one attached hydrogen (secondary N) is 2. The lowest BCUT2D eigenvalue weighted by atomic mass is 10.2. The van der Waals surface area contributed by atoms with Crippen LogP contribution in [0.5, 0.6) is 0 Å². The fourth-order valence-electron chi connectivity index (χ4n) is 1.02. The SMILES string of the molecule is O=C1NC(Br)=NC2N=CNC12. The molecule has 0 aromatic rings. The second-order valence-corrected chi connectivity index (χ2v) is 3.00. The van der Waals surface area contributed by atoms with Crippen molar-refractivity contribution in [2.45, 2.75) is 12.2 Å². The van der Waals surface area contributed by atoms with Crippen LogP contribution in [0.2, 0.25) is 0 Å². The van der Waals surface area contributed by atoms with Gasteiger partial charge < -0.3 is 10.6 Å². The van der Waals surface area contributed by atoms with Crippen molar-refractivity contribution in [3.05, 3.63) is 0 Å². The normalized spacial score (nSPS) is 33.9. The van der Waals surface area contributed by atoms with Crippen LogP contribution in [0.4, 0.5) is 0 Å². The molecule has 0 saturated carbocycles. The number of carbonyl (C=O) groups is 1. The van der Waals surface area contributed by atoms with Crippen LogP contribution in [0.1, 0.15) is 0 Å². The average Bonchev–Trinajstić information content (AvgIpc) is 2.34. The highest BCUT2D eigenvalue weighted by atomic mass is 79.9. The lowest BCUT2D eigenvalue weighted by Crippen LogP contribution is -2.50. The molecule has 2 aliphatic rings. The lowest BCUT2D eigenvalue weighted by Gasteiger charge is -2.19. The highest BCUT2D eigenvalue weighted by Gasteiger charge is 2.34. The van der Waals surface area contributed by atoms with Gasteiger partial charge in [-0.25, -0.2) is 9.98 Å². The first-order valence-electron chi connectivity index (χ1n) is 3.09. The van der Waals surface area contributed by atoms with Crippen molar-refractivity contribution in [2.24, 2.45) is 9.98 Å². The summed E-state index contributed by atoms with van der Waals surface area (Å²) in [7, 11) is 0. The van der Waals surface area contributed by atoms with Crippen LogP contribution in [-0.2, 0) is 4.79 Å². The summed E-state index contributed by atoms with van der Waals surface area (Å²) in [5.74, 6) is -0.102. The van der Waals surface area contributed by atoms with Crippen molar-refractivity contribution >= 4 is 32.9 Å². The Bertz CT molecular complexity index is 261. The first kappa shape index (κ1) is 6.78. The predicted molar refractivity (Wildman–Crippen MR) is 43.7 cm³/mol. The monoisotopic (exact) mass is 216 g/mol. The van der Waals surface area contributed by atoms with Gasteiger partial charge in [-0.3, -0.25) is 4.79 Å². The van der Waals surface area contributed by atoms with Crippen LogP contribution in [0.25, 0.3) is 0 Å². The summed E-state index contributed by atoms with van der Waals surface area (Å²) < 4.78 is 0.449. The van der Waals surface area contributed by atoms with Gasteiger partial charge in [-0.05, 0) is 15.9 Å². The van der Waals surface area contributed by atoms with E-state index >= 15 is 0 Å². The van der Waals surface area contributed by atoms with E-state index in [1.807, 2.05) is 0 Å². The molecule has 0 aromatic carbocycles. The Morgan fingerprint density at radius 3 is 3.27 bits per heavy atom. The number of halogens is 1. The Balaban J connectivity index is 2.30. The number of aliphatic imine (C=N–C) groups is 2. The molecule has 0 aromatic heterocycles. The molecule has 2 N–H and O–H groups in total. The number of amidine groups is 1.